The van der Waals surface area contributed by atoms with Crippen LogP contribution in [0.1, 0.15) is 26.5 Å². The van der Waals surface area contributed by atoms with E-state index in [0.717, 1.165) is 0 Å². The number of cyclic esters (lactones) is 1. The van der Waals surface area contributed by atoms with Gasteiger partial charge in [-0.1, -0.05) is 11.3 Å². The first-order valence-corrected chi connectivity index (χ1v) is 12.3. The Morgan fingerprint density at radius 1 is 1.28 bits per heavy atom. The summed E-state index contributed by atoms with van der Waals surface area (Å²) in [6, 6.07) is 8.04. The lowest BCUT2D eigenvalue weighted by Gasteiger charge is -2.20. The van der Waals surface area contributed by atoms with Gasteiger partial charge in [0.25, 0.3) is 0 Å². The second kappa shape index (κ2) is 10.7. The molecule has 2 aromatic heterocycles. The molecular formula is C26H28FN7O5. The van der Waals surface area contributed by atoms with Crippen LogP contribution >= 0.6 is 0 Å². The van der Waals surface area contributed by atoms with Gasteiger partial charge in [-0.25, -0.2) is 18.7 Å². The molecule has 0 spiro atoms. The van der Waals surface area contributed by atoms with Crippen LogP contribution in [0.4, 0.5) is 19.7 Å². The number of aromatic nitrogens is 4. The van der Waals surface area contributed by atoms with Gasteiger partial charge in [-0.2, -0.15) is 0 Å². The van der Waals surface area contributed by atoms with Crippen molar-refractivity contribution in [2.75, 3.05) is 18.1 Å². The van der Waals surface area contributed by atoms with Gasteiger partial charge in [-0.3, -0.25) is 20.2 Å². The normalized spacial score (nSPS) is 18.9. The van der Waals surface area contributed by atoms with Crippen LogP contribution in [0.5, 0.6) is 0 Å². The second-order valence-electron chi connectivity index (χ2n) is 10.1. The van der Waals surface area contributed by atoms with E-state index >= 15 is 4.39 Å². The topological polar surface area (TPSA) is 133 Å². The maximum absolute atomic E-state index is 15.1. The SMILES string of the molecule is CC(C)(C)NC(=O)OC[C@@H]1C=C(c2ccc(-c3ccc(N4C[C@H](Cn5ccnn5)OC4=O)cc3F)cn2)NO1. The molecule has 2 N–H and O–H groups in total. The van der Waals surface area contributed by atoms with Crippen molar-refractivity contribution >= 4 is 23.6 Å². The maximum atomic E-state index is 15.1. The molecule has 204 valence electrons. The smallest absolute Gasteiger partial charge is 0.414 e. The van der Waals surface area contributed by atoms with Crippen LogP contribution in [0, 0.1) is 5.82 Å². The van der Waals surface area contributed by atoms with E-state index < -0.39 is 35.8 Å². The van der Waals surface area contributed by atoms with Crippen LogP contribution in [0.3, 0.4) is 0 Å². The number of hydroxylamine groups is 1. The molecule has 0 bridgehead atoms. The van der Waals surface area contributed by atoms with Crippen molar-refractivity contribution < 1.29 is 28.3 Å². The highest BCUT2D eigenvalue weighted by Crippen LogP contribution is 2.30. The van der Waals surface area contributed by atoms with Gasteiger partial charge in [0.1, 0.15) is 24.6 Å². The highest BCUT2D eigenvalue weighted by atomic mass is 19.1. The Morgan fingerprint density at radius 2 is 2.13 bits per heavy atom. The van der Waals surface area contributed by atoms with E-state index in [0.29, 0.717) is 34.8 Å². The zero-order valence-corrected chi connectivity index (χ0v) is 21.6. The molecule has 0 unspecified atom stereocenters. The number of benzene rings is 1. The van der Waals surface area contributed by atoms with Crippen molar-refractivity contribution in [3.8, 4) is 11.1 Å². The molecule has 2 atom stereocenters. The Bertz CT molecular complexity index is 1370. The summed E-state index contributed by atoms with van der Waals surface area (Å²) in [5.41, 5.74) is 4.86. The molecule has 2 amide bonds. The maximum Gasteiger partial charge on any atom is 0.414 e. The van der Waals surface area contributed by atoms with Crippen LogP contribution in [-0.4, -0.2) is 63.1 Å². The molecule has 2 aliphatic rings. The molecule has 39 heavy (non-hydrogen) atoms. The first-order chi connectivity index (χ1) is 18.6. The average Bonchev–Trinajstić information content (AvgIpc) is 3.64. The number of alkyl carbamates (subject to hydrolysis) is 1. The fraction of sp³-hybridized carbons (Fsp3) is 0.346. The van der Waals surface area contributed by atoms with Gasteiger partial charge in [0.05, 0.1) is 36.4 Å². The summed E-state index contributed by atoms with van der Waals surface area (Å²) in [6.07, 6.45) is 4.55. The zero-order valence-electron chi connectivity index (χ0n) is 21.6. The number of pyridine rings is 1. The van der Waals surface area contributed by atoms with Gasteiger partial charge < -0.3 is 14.8 Å². The molecule has 5 rings (SSSR count). The largest absolute Gasteiger partial charge is 0.446 e. The molecule has 1 fully saturated rings. The number of hydrogen-bond donors (Lipinski definition) is 2. The molecule has 3 aromatic rings. The number of amides is 2. The van der Waals surface area contributed by atoms with E-state index in [1.807, 2.05) is 20.8 Å². The summed E-state index contributed by atoms with van der Waals surface area (Å²) < 4.78 is 27.3. The summed E-state index contributed by atoms with van der Waals surface area (Å²) in [7, 11) is 0. The minimum atomic E-state index is -0.545. The van der Waals surface area contributed by atoms with Gasteiger partial charge in [0.15, 0.2) is 0 Å². The number of hydrogen-bond acceptors (Lipinski definition) is 9. The van der Waals surface area contributed by atoms with Crippen molar-refractivity contribution in [2.24, 2.45) is 0 Å². The molecule has 13 heteroatoms. The van der Waals surface area contributed by atoms with Crippen molar-refractivity contribution in [1.82, 2.24) is 30.8 Å². The average molecular weight is 538 g/mol. The molecule has 1 saturated heterocycles. The lowest BCUT2D eigenvalue weighted by atomic mass is 10.1. The molecule has 0 saturated carbocycles. The monoisotopic (exact) mass is 537 g/mol. The Hall–Kier alpha value is -4.52. The molecule has 12 nitrogen and oxygen atoms in total. The number of nitrogens with one attached hydrogen (secondary N) is 2. The van der Waals surface area contributed by atoms with Crippen molar-refractivity contribution in [3.05, 3.63) is 66.5 Å². The van der Waals surface area contributed by atoms with E-state index in [-0.39, 0.29) is 13.2 Å². The third-order valence-corrected chi connectivity index (χ3v) is 5.88. The van der Waals surface area contributed by atoms with Crippen molar-refractivity contribution in [1.29, 1.82) is 0 Å². The molecule has 0 radical (unpaired) electrons. The Kier molecular flexibility index (Phi) is 7.15. The first kappa shape index (κ1) is 26.1. The zero-order chi connectivity index (χ0) is 27.6. The third kappa shape index (κ3) is 6.32. The number of carbonyl (C=O) groups is 2. The summed E-state index contributed by atoms with van der Waals surface area (Å²) in [5, 5.41) is 10.3. The van der Waals surface area contributed by atoms with Crippen LogP contribution in [0.15, 0.2) is 55.0 Å². The van der Waals surface area contributed by atoms with Gasteiger partial charge in [0, 0.05) is 29.1 Å². The molecule has 4 heterocycles. The Labute approximate surface area is 223 Å². The van der Waals surface area contributed by atoms with E-state index in [2.05, 4.69) is 26.1 Å². The molecular weight excluding hydrogens is 509 g/mol. The van der Waals surface area contributed by atoms with Crippen LogP contribution in [-0.2, 0) is 20.9 Å². The van der Waals surface area contributed by atoms with Crippen LogP contribution in [0.2, 0.25) is 0 Å². The number of carbonyl (C=O) groups excluding carboxylic acids is 2. The summed E-state index contributed by atoms with van der Waals surface area (Å²) in [5.74, 6) is -0.498. The standard InChI is InChI=1S/C26H28FN7O5/c1-26(2,3)30-24(35)37-15-18-11-23(31-39-18)22-7-4-16(12-28-22)20-6-5-17(10-21(20)27)34-14-19(38-25(34)36)13-33-9-8-29-32-33/h4-12,18-19,31H,13-15H2,1-3H3,(H,30,35)/t18-,19-/m0/s1. The van der Waals surface area contributed by atoms with Gasteiger partial charge in [0.2, 0.25) is 0 Å². The minimum Gasteiger partial charge on any atom is -0.446 e. The third-order valence-electron chi connectivity index (χ3n) is 5.88. The fourth-order valence-corrected chi connectivity index (χ4v) is 4.10. The predicted octanol–water partition coefficient (Wildman–Crippen LogP) is 3.27. The van der Waals surface area contributed by atoms with Crippen LogP contribution in [0.25, 0.3) is 16.8 Å². The van der Waals surface area contributed by atoms with E-state index in [1.54, 1.807) is 53.6 Å². The Balaban J connectivity index is 1.20. The summed E-state index contributed by atoms with van der Waals surface area (Å²) in [4.78, 5) is 35.5. The number of halogens is 1. The first-order valence-electron chi connectivity index (χ1n) is 12.3. The number of anilines is 1. The molecule has 0 aliphatic carbocycles. The highest BCUT2D eigenvalue weighted by molar-refractivity contribution is 5.90. The quantitative estimate of drug-likeness (QED) is 0.466. The number of ether oxygens (including phenoxy) is 2. The highest BCUT2D eigenvalue weighted by Gasteiger charge is 2.33. The second-order valence-corrected chi connectivity index (χ2v) is 10.1. The van der Waals surface area contributed by atoms with E-state index in [4.69, 9.17) is 14.3 Å². The molecule has 2 aliphatic heterocycles. The lowest BCUT2D eigenvalue weighted by molar-refractivity contribution is 0.00866. The van der Waals surface area contributed by atoms with Crippen molar-refractivity contribution in [2.45, 2.75) is 45.1 Å². The number of nitrogens with zero attached hydrogens (tertiary/aromatic N) is 5. The van der Waals surface area contributed by atoms with Gasteiger partial charge >= 0.3 is 12.2 Å². The van der Waals surface area contributed by atoms with Crippen molar-refractivity contribution in [3.63, 3.8) is 0 Å². The number of rotatable bonds is 7. The lowest BCUT2D eigenvalue weighted by Crippen LogP contribution is -2.41. The Morgan fingerprint density at radius 3 is 2.82 bits per heavy atom. The molecule has 1 aromatic carbocycles. The van der Waals surface area contributed by atoms with Gasteiger partial charge in [-0.05, 0) is 51.1 Å². The van der Waals surface area contributed by atoms with Crippen LogP contribution < -0.4 is 15.7 Å². The summed E-state index contributed by atoms with van der Waals surface area (Å²) >= 11 is 0. The fourth-order valence-electron chi connectivity index (χ4n) is 4.10. The van der Waals surface area contributed by atoms with E-state index in [1.165, 1.54) is 11.0 Å². The van der Waals surface area contributed by atoms with Gasteiger partial charge in [-0.15, -0.1) is 5.10 Å². The summed E-state index contributed by atoms with van der Waals surface area (Å²) in [6.45, 7) is 6.23. The van der Waals surface area contributed by atoms with E-state index in [9.17, 15) is 9.59 Å². The predicted molar refractivity (Wildman–Crippen MR) is 137 cm³/mol. The minimum absolute atomic E-state index is 0.0276.